The van der Waals surface area contributed by atoms with Crippen LogP contribution in [0.1, 0.15) is 58.3 Å². The van der Waals surface area contributed by atoms with E-state index in [1.54, 1.807) is 0 Å². The van der Waals surface area contributed by atoms with Crippen LogP contribution >= 0.6 is 0 Å². The number of carbonyl (C=O) groups excluding carboxylic acids is 1. The summed E-state index contributed by atoms with van der Waals surface area (Å²) in [5.41, 5.74) is 0. The maximum atomic E-state index is 11.0. The second-order valence-corrected chi connectivity index (χ2v) is 5.99. The van der Waals surface area contributed by atoms with Crippen LogP contribution in [0.25, 0.3) is 0 Å². The number of hydrogen-bond acceptors (Lipinski definition) is 3. The van der Waals surface area contributed by atoms with Crippen LogP contribution in [0.2, 0.25) is 0 Å². The maximum absolute atomic E-state index is 11.0. The summed E-state index contributed by atoms with van der Waals surface area (Å²) in [6.07, 6.45) is 8.57. The van der Waals surface area contributed by atoms with Crippen molar-refractivity contribution in [2.45, 2.75) is 64.3 Å². The number of hydrogen-bond donors (Lipinski definition) is 2. The monoisotopic (exact) mass is 297 g/mol. The summed E-state index contributed by atoms with van der Waals surface area (Å²) in [6.45, 7) is 3.22. The molecule has 0 unspecified atom stereocenters. The van der Waals surface area contributed by atoms with Crippen LogP contribution in [0, 0.1) is 5.92 Å². The molecular formula is C16H31N3O2. The molecule has 0 radical (unpaired) electrons. The first-order valence-electron chi connectivity index (χ1n) is 8.19. The molecule has 1 aliphatic carbocycles. The van der Waals surface area contributed by atoms with Crippen LogP contribution in [-0.4, -0.2) is 38.7 Å². The van der Waals surface area contributed by atoms with Gasteiger partial charge in [-0.1, -0.05) is 13.3 Å². The van der Waals surface area contributed by atoms with E-state index in [0.29, 0.717) is 12.5 Å². The maximum Gasteiger partial charge on any atom is 0.305 e. The standard InChI is InChI=1S/C16H31N3O2/c1-13-8-10-14(11-9-13)19-16(17-2)18-12-6-4-5-7-15(20)21-3/h13-14H,4-12H2,1-3H3,(H2,17,18,19). The Bertz CT molecular complexity index is 323. The number of carbonyl (C=O) groups is 1. The number of rotatable bonds is 7. The van der Waals surface area contributed by atoms with E-state index in [1.165, 1.54) is 32.8 Å². The Kier molecular flexibility index (Phi) is 8.87. The van der Waals surface area contributed by atoms with E-state index in [4.69, 9.17) is 0 Å². The zero-order valence-corrected chi connectivity index (χ0v) is 13.8. The number of methoxy groups -OCH3 is 1. The molecule has 122 valence electrons. The summed E-state index contributed by atoms with van der Waals surface area (Å²) < 4.78 is 4.62. The summed E-state index contributed by atoms with van der Waals surface area (Å²) in [6, 6.07) is 0.562. The van der Waals surface area contributed by atoms with E-state index < -0.39 is 0 Å². The number of guanidine groups is 1. The summed E-state index contributed by atoms with van der Waals surface area (Å²) in [7, 11) is 3.25. The van der Waals surface area contributed by atoms with Gasteiger partial charge in [0.25, 0.3) is 0 Å². The summed E-state index contributed by atoms with van der Waals surface area (Å²) in [5.74, 6) is 1.65. The van der Waals surface area contributed by atoms with Gasteiger partial charge in [0.2, 0.25) is 0 Å². The molecule has 1 aliphatic rings. The highest BCUT2D eigenvalue weighted by Crippen LogP contribution is 2.23. The first-order valence-corrected chi connectivity index (χ1v) is 8.19. The van der Waals surface area contributed by atoms with E-state index in [9.17, 15) is 4.79 Å². The average molecular weight is 297 g/mol. The molecule has 5 nitrogen and oxygen atoms in total. The molecule has 1 rings (SSSR count). The fraction of sp³-hybridized carbons (Fsp3) is 0.875. The number of unbranched alkanes of at least 4 members (excludes halogenated alkanes) is 2. The first-order chi connectivity index (χ1) is 10.2. The zero-order chi connectivity index (χ0) is 15.5. The Morgan fingerprint density at radius 3 is 2.52 bits per heavy atom. The molecule has 1 saturated carbocycles. The van der Waals surface area contributed by atoms with E-state index >= 15 is 0 Å². The molecule has 0 spiro atoms. The van der Waals surface area contributed by atoms with Crippen LogP contribution in [0.4, 0.5) is 0 Å². The van der Waals surface area contributed by atoms with Gasteiger partial charge in [-0.25, -0.2) is 0 Å². The zero-order valence-electron chi connectivity index (χ0n) is 13.8. The van der Waals surface area contributed by atoms with Crippen molar-refractivity contribution in [2.75, 3.05) is 20.7 Å². The van der Waals surface area contributed by atoms with Gasteiger partial charge in [0.1, 0.15) is 0 Å². The van der Waals surface area contributed by atoms with Gasteiger partial charge in [-0.2, -0.15) is 0 Å². The van der Waals surface area contributed by atoms with E-state index in [-0.39, 0.29) is 5.97 Å². The van der Waals surface area contributed by atoms with Crippen molar-refractivity contribution in [3.8, 4) is 0 Å². The van der Waals surface area contributed by atoms with Crippen molar-refractivity contribution >= 4 is 11.9 Å². The van der Waals surface area contributed by atoms with Gasteiger partial charge < -0.3 is 15.4 Å². The molecule has 0 aliphatic heterocycles. The third-order valence-electron chi connectivity index (χ3n) is 4.16. The van der Waals surface area contributed by atoms with Gasteiger partial charge in [-0.3, -0.25) is 9.79 Å². The molecule has 0 heterocycles. The molecule has 0 aromatic rings. The molecule has 0 atom stereocenters. The van der Waals surface area contributed by atoms with Gasteiger partial charge in [-0.15, -0.1) is 0 Å². The molecule has 21 heavy (non-hydrogen) atoms. The minimum Gasteiger partial charge on any atom is -0.469 e. The lowest BCUT2D eigenvalue weighted by Gasteiger charge is -2.28. The molecule has 5 heteroatoms. The number of nitrogens with zero attached hydrogens (tertiary/aromatic N) is 1. The minimum absolute atomic E-state index is 0.119. The average Bonchev–Trinajstić information content (AvgIpc) is 2.51. The third-order valence-corrected chi connectivity index (χ3v) is 4.16. The molecule has 2 N–H and O–H groups in total. The molecule has 0 bridgehead atoms. The molecule has 0 saturated heterocycles. The summed E-state index contributed by atoms with van der Waals surface area (Å²) >= 11 is 0. The number of ether oxygens (including phenoxy) is 1. The highest BCUT2D eigenvalue weighted by atomic mass is 16.5. The Morgan fingerprint density at radius 1 is 1.19 bits per heavy atom. The highest BCUT2D eigenvalue weighted by molar-refractivity contribution is 5.79. The lowest BCUT2D eigenvalue weighted by atomic mass is 9.87. The lowest BCUT2D eigenvalue weighted by Crippen LogP contribution is -2.44. The fourth-order valence-corrected chi connectivity index (χ4v) is 2.67. The van der Waals surface area contributed by atoms with Crippen LogP contribution in [0.3, 0.4) is 0 Å². The Balaban J connectivity index is 2.07. The van der Waals surface area contributed by atoms with Crippen molar-refractivity contribution in [1.29, 1.82) is 0 Å². The molecule has 0 aromatic carbocycles. The summed E-state index contributed by atoms with van der Waals surface area (Å²) in [5, 5.41) is 6.86. The van der Waals surface area contributed by atoms with Gasteiger partial charge in [-0.05, 0) is 44.4 Å². The van der Waals surface area contributed by atoms with Crippen molar-refractivity contribution in [1.82, 2.24) is 10.6 Å². The second kappa shape index (κ2) is 10.5. The van der Waals surface area contributed by atoms with E-state index in [1.807, 2.05) is 7.05 Å². The topological polar surface area (TPSA) is 62.7 Å². The molecule has 0 aromatic heterocycles. The fourth-order valence-electron chi connectivity index (χ4n) is 2.67. The Morgan fingerprint density at radius 2 is 1.90 bits per heavy atom. The first kappa shape index (κ1) is 17.8. The molecule has 0 amide bonds. The Labute approximate surface area is 128 Å². The number of nitrogens with one attached hydrogen (secondary N) is 2. The molecule has 1 fully saturated rings. The van der Waals surface area contributed by atoms with Gasteiger partial charge in [0.15, 0.2) is 5.96 Å². The second-order valence-electron chi connectivity index (χ2n) is 5.99. The van der Waals surface area contributed by atoms with Crippen LogP contribution < -0.4 is 10.6 Å². The lowest BCUT2D eigenvalue weighted by molar-refractivity contribution is -0.140. The van der Waals surface area contributed by atoms with Crippen LogP contribution in [0.5, 0.6) is 0 Å². The number of aliphatic imine (C=N–C) groups is 1. The molecular weight excluding hydrogens is 266 g/mol. The van der Waals surface area contributed by atoms with Crippen molar-refractivity contribution < 1.29 is 9.53 Å². The Hall–Kier alpha value is -1.26. The van der Waals surface area contributed by atoms with Crippen LogP contribution in [0.15, 0.2) is 4.99 Å². The SMILES string of the molecule is CN=C(NCCCCCC(=O)OC)NC1CCC(C)CC1. The van der Waals surface area contributed by atoms with Crippen LogP contribution in [-0.2, 0) is 9.53 Å². The minimum atomic E-state index is -0.119. The van der Waals surface area contributed by atoms with Crippen molar-refractivity contribution in [3.05, 3.63) is 0 Å². The quantitative estimate of drug-likeness (QED) is 0.328. The van der Waals surface area contributed by atoms with E-state index in [2.05, 4.69) is 27.3 Å². The smallest absolute Gasteiger partial charge is 0.305 e. The van der Waals surface area contributed by atoms with E-state index in [0.717, 1.165) is 37.7 Å². The van der Waals surface area contributed by atoms with Crippen molar-refractivity contribution in [2.24, 2.45) is 10.9 Å². The van der Waals surface area contributed by atoms with Gasteiger partial charge in [0, 0.05) is 26.1 Å². The van der Waals surface area contributed by atoms with Gasteiger partial charge in [0.05, 0.1) is 7.11 Å². The number of esters is 1. The van der Waals surface area contributed by atoms with Gasteiger partial charge >= 0.3 is 5.97 Å². The van der Waals surface area contributed by atoms with Crippen molar-refractivity contribution in [3.63, 3.8) is 0 Å². The third kappa shape index (κ3) is 7.93. The predicted molar refractivity (Wildman–Crippen MR) is 86.4 cm³/mol. The largest absolute Gasteiger partial charge is 0.469 e. The highest BCUT2D eigenvalue weighted by Gasteiger charge is 2.18. The normalized spacial score (nSPS) is 22.7. The summed E-state index contributed by atoms with van der Waals surface area (Å²) in [4.78, 5) is 15.3. The predicted octanol–water partition coefficient (Wildman–Crippen LogP) is 2.46.